The highest BCUT2D eigenvalue weighted by Crippen LogP contribution is 2.31. The van der Waals surface area contributed by atoms with Gasteiger partial charge in [0.25, 0.3) is 0 Å². The van der Waals surface area contributed by atoms with Crippen LogP contribution in [-0.2, 0) is 4.79 Å². The first kappa shape index (κ1) is 15.8. The molecule has 0 unspecified atom stereocenters. The summed E-state index contributed by atoms with van der Waals surface area (Å²) in [4.78, 5) is 12.2. The van der Waals surface area contributed by atoms with Crippen molar-refractivity contribution in [3.05, 3.63) is 59.7 Å². The van der Waals surface area contributed by atoms with Gasteiger partial charge in [0.15, 0.2) is 0 Å². The Kier molecular flexibility index (Phi) is 4.81. The van der Waals surface area contributed by atoms with Crippen LogP contribution in [0.3, 0.4) is 0 Å². The standard InChI is InChI=1S/C17H15F2NO2S/c18-11-5-6-13(19)16(9-11)23-10-17(21)20-14-7-8-22-15-4-2-1-3-12(14)15/h1-6,9,14H,7-8,10H2,(H,20,21)/t14-/m1/s1. The Bertz CT molecular complexity index is 723. The molecule has 6 heteroatoms. The third kappa shape index (κ3) is 3.82. The summed E-state index contributed by atoms with van der Waals surface area (Å²) < 4.78 is 32.2. The molecule has 120 valence electrons. The number of fused-ring (bicyclic) bond motifs is 1. The van der Waals surface area contributed by atoms with Crippen LogP contribution in [0.2, 0.25) is 0 Å². The van der Waals surface area contributed by atoms with E-state index in [9.17, 15) is 13.6 Å². The summed E-state index contributed by atoms with van der Waals surface area (Å²) in [6.07, 6.45) is 0.682. The van der Waals surface area contributed by atoms with Crippen LogP contribution in [-0.4, -0.2) is 18.3 Å². The quantitative estimate of drug-likeness (QED) is 0.866. The van der Waals surface area contributed by atoms with Crippen LogP contribution in [0.1, 0.15) is 18.0 Å². The van der Waals surface area contributed by atoms with Crippen molar-refractivity contribution in [2.24, 2.45) is 0 Å². The highest BCUT2D eigenvalue weighted by Gasteiger charge is 2.22. The zero-order chi connectivity index (χ0) is 16.2. The first-order valence-electron chi connectivity index (χ1n) is 7.22. The predicted octanol–water partition coefficient (Wildman–Crippen LogP) is 3.70. The van der Waals surface area contributed by atoms with E-state index in [1.807, 2.05) is 24.3 Å². The number of benzene rings is 2. The molecule has 1 N–H and O–H groups in total. The number of hydrogen-bond donors (Lipinski definition) is 1. The van der Waals surface area contributed by atoms with Crippen molar-refractivity contribution < 1.29 is 18.3 Å². The van der Waals surface area contributed by atoms with E-state index < -0.39 is 11.6 Å². The van der Waals surface area contributed by atoms with E-state index in [2.05, 4.69) is 5.32 Å². The molecule has 1 aliphatic heterocycles. The minimum absolute atomic E-state index is 0.0277. The first-order valence-corrected chi connectivity index (χ1v) is 8.21. The van der Waals surface area contributed by atoms with E-state index in [-0.39, 0.29) is 22.6 Å². The maximum absolute atomic E-state index is 13.5. The van der Waals surface area contributed by atoms with Gasteiger partial charge in [0, 0.05) is 16.9 Å². The van der Waals surface area contributed by atoms with Gasteiger partial charge in [0.2, 0.25) is 5.91 Å². The normalized spacial score (nSPS) is 16.3. The predicted molar refractivity (Wildman–Crippen MR) is 84.5 cm³/mol. The number of nitrogens with one attached hydrogen (secondary N) is 1. The molecule has 1 heterocycles. The molecule has 3 nitrogen and oxygen atoms in total. The van der Waals surface area contributed by atoms with Crippen LogP contribution in [0.25, 0.3) is 0 Å². The Morgan fingerprint density at radius 2 is 2.09 bits per heavy atom. The molecular weight excluding hydrogens is 320 g/mol. The second-order valence-corrected chi connectivity index (χ2v) is 6.18. The summed E-state index contributed by atoms with van der Waals surface area (Å²) in [5.74, 6) is -0.471. The van der Waals surface area contributed by atoms with Crippen molar-refractivity contribution in [2.45, 2.75) is 17.4 Å². The molecule has 0 saturated heterocycles. The third-order valence-electron chi connectivity index (χ3n) is 3.55. The van der Waals surface area contributed by atoms with Crippen LogP contribution in [0.4, 0.5) is 8.78 Å². The van der Waals surface area contributed by atoms with Crippen LogP contribution >= 0.6 is 11.8 Å². The second kappa shape index (κ2) is 7.00. The molecular formula is C17H15F2NO2S. The lowest BCUT2D eigenvalue weighted by Crippen LogP contribution is -2.33. The molecule has 2 aromatic rings. The highest BCUT2D eigenvalue weighted by atomic mass is 32.2. The number of carbonyl (C=O) groups excluding carboxylic acids is 1. The number of amides is 1. The Hall–Kier alpha value is -2.08. The van der Waals surface area contributed by atoms with E-state index in [1.54, 1.807) is 0 Å². The van der Waals surface area contributed by atoms with Gasteiger partial charge >= 0.3 is 0 Å². The smallest absolute Gasteiger partial charge is 0.230 e. The Morgan fingerprint density at radius 3 is 2.96 bits per heavy atom. The SMILES string of the molecule is O=C(CSc1cc(F)ccc1F)N[C@@H]1CCOc2ccccc21. The van der Waals surface area contributed by atoms with Crippen LogP contribution in [0.15, 0.2) is 47.4 Å². The third-order valence-corrected chi connectivity index (χ3v) is 4.58. The maximum Gasteiger partial charge on any atom is 0.230 e. The number of rotatable bonds is 4. The number of thioether (sulfide) groups is 1. The molecule has 1 aliphatic rings. The van der Waals surface area contributed by atoms with Gasteiger partial charge in [-0.2, -0.15) is 0 Å². The number of carbonyl (C=O) groups is 1. The van der Waals surface area contributed by atoms with E-state index >= 15 is 0 Å². The number of hydrogen-bond acceptors (Lipinski definition) is 3. The Morgan fingerprint density at radius 1 is 1.26 bits per heavy atom. The first-order chi connectivity index (χ1) is 11.1. The van der Waals surface area contributed by atoms with Gasteiger partial charge in [-0.1, -0.05) is 18.2 Å². The van der Waals surface area contributed by atoms with Gasteiger partial charge < -0.3 is 10.1 Å². The fourth-order valence-corrected chi connectivity index (χ4v) is 3.23. The van der Waals surface area contributed by atoms with Crippen molar-refractivity contribution in [3.8, 4) is 5.75 Å². The topological polar surface area (TPSA) is 38.3 Å². The summed E-state index contributed by atoms with van der Waals surface area (Å²) in [5, 5.41) is 2.92. The van der Waals surface area contributed by atoms with Crippen molar-refractivity contribution >= 4 is 17.7 Å². The van der Waals surface area contributed by atoms with Gasteiger partial charge in [-0.25, -0.2) is 8.78 Å². The lowest BCUT2D eigenvalue weighted by Gasteiger charge is -2.26. The highest BCUT2D eigenvalue weighted by molar-refractivity contribution is 8.00. The van der Waals surface area contributed by atoms with Crippen LogP contribution in [0, 0.1) is 11.6 Å². The summed E-state index contributed by atoms with van der Waals surface area (Å²) >= 11 is 0.981. The fourth-order valence-electron chi connectivity index (χ4n) is 2.46. The van der Waals surface area contributed by atoms with E-state index in [4.69, 9.17) is 4.74 Å². The van der Waals surface area contributed by atoms with E-state index in [0.29, 0.717) is 13.0 Å². The number of para-hydroxylation sites is 1. The van der Waals surface area contributed by atoms with Gasteiger partial charge in [0.1, 0.15) is 17.4 Å². The molecule has 23 heavy (non-hydrogen) atoms. The molecule has 0 radical (unpaired) electrons. The molecule has 2 aromatic carbocycles. The van der Waals surface area contributed by atoms with Crippen molar-refractivity contribution in [3.63, 3.8) is 0 Å². The summed E-state index contributed by atoms with van der Waals surface area (Å²) in [7, 11) is 0. The number of halogens is 2. The van der Waals surface area contributed by atoms with Gasteiger partial charge in [-0.15, -0.1) is 11.8 Å². The molecule has 1 atom stereocenters. The maximum atomic E-state index is 13.5. The second-order valence-electron chi connectivity index (χ2n) is 5.16. The lowest BCUT2D eigenvalue weighted by molar-refractivity contribution is -0.119. The summed E-state index contributed by atoms with van der Waals surface area (Å²) in [6, 6.07) is 10.6. The minimum atomic E-state index is -0.527. The van der Waals surface area contributed by atoms with Gasteiger partial charge in [-0.3, -0.25) is 4.79 Å². The number of ether oxygens (including phenoxy) is 1. The molecule has 3 rings (SSSR count). The molecule has 0 fully saturated rings. The van der Waals surface area contributed by atoms with Crippen LogP contribution in [0.5, 0.6) is 5.75 Å². The average Bonchev–Trinajstić information content (AvgIpc) is 2.56. The molecule has 0 saturated carbocycles. The molecule has 1 amide bonds. The molecule has 0 aromatic heterocycles. The van der Waals surface area contributed by atoms with Gasteiger partial charge in [-0.05, 0) is 24.3 Å². The van der Waals surface area contributed by atoms with Crippen LogP contribution < -0.4 is 10.1 Å². The van der Waals surface area contributed by atoms with E-state index in [1.165, 1.54) is 0 Å². The van der Waals surface area contributed by atoms with Gasteiger partial charge in [0.05, 0.1) is 18.4 Å². The molecule has 0 aliphatic carbocycles. The Balaban J connectivity index is 1.61. The minimum Gasteiger partial charge on any atom is -0.493 e. The fraction of sp³-hybridized carbons (Fsp3) is 0.235. The lowest BCUT2D eigenvalue weighted by atomic mass is 10.0. The van der Waals surface area contributed by atoms with Crippen molar-refractivity contribution in [2.75, 3.05) is 12.4 Å². The molecule has 0 bridgehead atoms. The largest absolute Gasteiger partial charge is 0.493 e. The Labute approximate surface area is 137 Å². The summed E-state index contributed by atoms with van der Waals surface area (Å²) in [5.41, 5.74) is 0.939. The zero-order valence-corrected chi connectivity index (χ0v) is 13.0. The van der Waals surface area contributed by atoms with Crippen molar-refractivity contribution in [1.82, 2.24) is 5.32 Å². The average molecular weight is 335 g/mol. The van der Waals surface area contributed by atoms with E-state index in [0.717, 1.165) is 41.3 Å². The zero-order valence-electron chi connectivity index (χ0n) is 12.2. The monoisotopic (exact) mass is 335 g/mol. The molecule has 0 spiro atoms. The van der Waals surface area contributed by atoms with Crippen molar-refractivity contribution in [1.29, 1.82) is 0 Å². The summed E-state index contributed by atoms with van der Waals surface area (Å²) in [6.45, 7) is 0.535.